The van der Waals surface area contributed by atoms with Gasteiger partial charge in [0.2, 0.25) is 0 Å². The van der Waals surface area contributed by atoms with Crippen LogP contribution in [0, 0.1) is 5.92 Å². The third-order valence-electron chi connectivity index (χ3n) is 3.30. The van der Waals surface area contributed by atoms with Crippen LogP contribution >= 0.6 is 11.8 Å². The fourth-order valence-corrected chi connectivity index (χ4v) is 3.95. The molecule has 0 radical (unpaired) electrons. The van der Waals surface area contributed by atoms with E-state index in [9.17, 15) is 0 Å². The predicted molar refractivity (Wildman–Crippen MR) is 76.7 cm³/mol. The molecule has 0 saturated carbocycles. The van der Waals surface area contributed by atoms with Crippen LogP contribution in [0.5, 0.6) is 0 Å². The molecule has 2 heteroatoms. The van der Waals surface area contributed by atoms with E-state index in [2.05, 4.69) is 55.2 Å². The lowest BCUT2D eigenvalue weighted by Gasteiger charge is -2.16. The molecule has 0 aliphatic carbocycles. The van der Waals surface area contributed by atoms with E-state index in [0.717, 1.165) is 17.7 Å². The Morgan fingerprint density at radius 2 is 2.24 bits per heavy atom. The Morgan fingerprint density at radius 1 is 1.41 bits per heavy atom. The van der Waals surface area contributed by atoms with Crippen molar-refractivity contribution in [2.45, 2.75) is 43.3 Å². The van der Waals surface area contributed by atoms with Crippen molar-refractivity contribution in [1.29, 1.82) is 0 Å². The minimum Gasteiger partial charge on any atom is -0.316 e. The maximum atomic E-state index is 3.52. The second-order valence-corrected chi connectivity index (χ2v) is 6.44. The smallest absolute Gasteiger partial charge is 0.0138 e. The molecule has 2 atom stereocenters. The topological polar surface area (TPSA) is 12.0 Å². The average Bonchev–Trinajstić information content (AvgIpc) is 2.71. The summed E-state index contributed by atoms with van der Waals surface area (Å²) >= 11 is 2.08. The van der Waals surface area contributed by atoms with E-state index >= 15 is 0 Å². The normalized spacial score (nSPS) is 20.2. The van der Waals surface area contributed by atoms with E-state index in [0.29, 0.717) is 0 Å². The van der Waals surface area contributed by atoms with Crippen molar-refractivity contribution >= 4 is 11.8 Å². The summed E-state index contributed by atoms with van der Waals surface area (Å²) in [6, 6.07) is 8.86. The maximum Gasteiger partial charge on any atom is 0.0138 e. The lowest BCUT2D eigenvalue weighted by Crippen LogP contribution is -2.24. The molecular weight excluding hydrogens is 226 g/mol. The van der Waals surface area contributed by atoms with Gasteiger partial charge in [0.1, 0.15) is 0 Å². The van der Waals surface area contributed by atoms with Crippen LogP contribution in [0.15, 0.2) is 29.2 Å². The molecule has 0 fully saturated rings. The van der Waals surface area contributed by atoms with E-state index in [1.807, 2.05) is 0 Å². The second kappa shape index (κ2) is 6.46. The Bertz CT molecular complexity index is 326. The first kappa shape index (κ1) is 13.0. The highest BCUT2D eigenvalue weighted by molar-refractivity contribution is 8.00. The van der Waals surface area contributed by atoms with Gasteiger partial charge in [-0.3, -0.25) is 0 Å². The molecule has 1 N–H and O–H groups in total. The SMILES string of the molecule is CCCNCC(C)CC1Cc2ccccc2S1. The van der Waals surface area contributed by atoms with Crippen molar-refractivity contribution in [3.05, 3.63) is 29.8 Å². The fraction of sp³-hybridized carbons (Fsp3) is 0.600. The molecule has 0 amide bonds. The Kier molecular flexibility index (Phi) is 4.93. The highest BCUT2D eigenvalue weighted by atomic mass is 32.2. The molecule has 1 aliphatic heterocycles. The molecule has 0 bridgehead atoms. The fourth-order valence-electron chi connectivity index (χ4n) is 2.44. The van der Waals surface area contributed by atoms with Crippen LogP contribution < -0.4 is 5.32 Å². The van der Waals surface area contributed by atoms with Crippen LogP contribution in [0.4, 0.5) is 0 Å². The number of rotatable bonds is 6. The summed E-state index contributed by atoms with van der Waals surface area (Å²) in [6.07, 6.45) is 3.82. The first-order chi connectivity index (χ1) is 8.29. The molecule has 0 saturated heterocycles. The molecule has 17 heavy (non-hydrogen) atoms. The third kappa shape index (κ3) is 3.75. The standard InChI is InChI=1S/C15H23NS/c1-3-8-16-11-12(2)9-14-10-13-6-4-5-7-15(13)17-14/h4-7,12,14,16H,3,8-11H2,1-2H3. The molecule has 94 valence electrons. The summed E-state index contributed by atoms with van der Waals surface area (Å²) in [6.45, 7) is 6.91. The van der Waals surface area contributed by atoms with Gasteiger partial charge in [0.05, 0.1) is 0 Å². The van der Waals surface area contributed by atoms with Crippen molar-refractivity contribution in [1.82, 2.24) is 5.32 Å². The van der Waals surface area contributed by atoms with E-state index < -0.39 is 0 Å². The van der Waals surface area contributed by atoms with Gasteiger partial charge in [0.25, 0.3) is 0 Å². The van der Waals surface area contributed by atoms with Gasteiger partial charge in [0, 0.05) is 10.1 Å². The predicted octanol–water partition coefficient (Wildman–Crippen LogP) is 3.73. The van der Waals surface area contributed by atoms with Crippen LogP contribution in [0.3, 0.4) is 0 Å². The van der Waals surface area contributed by atoms with Crippen LogP contribution in [0.25, 0.3) is 0 Å². The molecule has 1 nitrogen and oxygen atoms in total. The first-order valence-electron chi connectivity index (χ1n) is 6.75. The number of thioether (sulfide) groups is 1. The molecule has 2 rings (SSSR count). The van der Waals surface area contributed by atoms with Gasteiger partial charge < -0.3 is 5.32 Å². The van der Waals surface area contributed by atoms with Gasteiger partial charge in [-0.25, -0.2) is 0 Å². The summed E-state index contributed by atoms with van der Waals surface area (Å²) in [5.74, 6) is 0.786. The molecule has 0 aromatic heterocycles. The quantitative estimate of drug-likeness (QED) is 0.771. The molecule has 2 unspecified atom stereocenters. The Hall–Kier alpha value is -0.470. The second-order valence-electron chi connectivity index (χ2n) is 5.10. The number of fused-ring (bicyclic) bond motifs is 1. The summed E-state index contributed by atoms with van der Waals surface area (Å²) in [7, 11) is 0. The Morgan fingerprint density at radius 3 is 3.00 bits per heavy atom. The number of hydrogen-bond donors (Lipinski definition) is 1. The zero-order valence-corrected chi connectivity index (χ0v) is 11.7. The Labute approximate surface area is 109 Å². The Balaban J connectivity index is 1.75. The average molecular weight is 249 g/mol. The number of nitrogens with one attached hydrogen (secondary N) is 1. The van der Waals surface area contributed by atoms with E-state index in [4.69, 9.17) is 0 Å². The van der Waals surface area contributed by atoms with Crippen LogP contribution in [0.2, 0.25) is 0 Å². The molecule has 0 spiro atoms. The minimum absolute atomic E-state index is 0.786. The van der Waals surface area contributed by atoms with Gasteiger partial charge >= 0.3 is 0 Å². The summed E-state index contributed by atoms with van der Waals surface area (Å²) < 4.78 is 0. The van der Waals surface area contributed by atoms with Gasteiger partial charge in [-0.1, -0.05) is 32.0 Å². The lowest BCUT2D eigenvalue weighted by atomic mass is 10.0. The molecule has 1 heterocycles. The van der Waals surface area contributed by atoms with E-state index in [-0.39, 0.29) is 0 Å². The zero-order chi connectivity index (χ0) is 12.1. The third-order valence-corrected chi connectivity index (χ3v) is 4.64. The van der Waals surface area contributed by atoms with Gasteiger partial charge in [0.15, 0.2) is 0 Å². The van der Waals surface area contributed by atoms with Crippen molar-refractivity contribution < 1.29 is 0 Å². The van der Waals surface area contributed by atoms with Gasteiger partial charge in [-0.05, 0) is 49.9 Å². The van der Waals surface area contributed by atoms with Gasteiger partial charge in [-0.15, -0.1) is 11.8 Å². The van der Waals surface area contributed by atoms with E-state index in [1.165, 1.54) is 30.7 Å². The number of benzene rings is 1. The van der Waals surface area contributed by atoms with Crippen molar-refractivity contribution in [3.63, 3.8) is 0 Å². The molecule has 1 aromatic rings. The summed E-state index contributed by atoms with van der Waals surface area (Å²) in [5, 5.41) is 4.32. The first-order valence-corrected chi connectivity index (χ1v) is 7.62. The summed E-state index contributed by atoms with van der Waals surface area (Å²) in [5.41, 5.74) is 1.55. The van der Waals surface area contributed by atoms with Crippen LogP contribution in [0.1, 0.15) is 32.3 Å². The van der Waals surface area contributed by atoms with Crippen molar-refractivity contribution in [2.24, 2.45) is 5.92 Å². The number of hydrogen-bond acceptors (Lipinski definition) is 2. The minimum atomic E-state index is 0.786. The van der Waals surface area contributed by atoms with Crippen LogP contribution in [-0.2, 0) is 6.42 Å². The monoisotopic (exact) mass is 249 g/mol. The van der Waals surface area contributed by atoms with E-state index in [1.54, 1.807) is 5.56 Å². The van der Waals surface area contributed by atoms with Crippen molar-refractivity contribution in [2.75, 3.05) is 13.1 Å². The van der Waals surface area contributed by atoms with Crippen molar-refractivity contribution in [3.8, 4) is 0 Å². The summed E-state index contributed by atoms with van der Waals surface area (Å²) in [4.78, 5) is 1.51. The zero-order valence-electron chi connectivity index (χ0n) is 10.9. The molecular formula is C15H23NS. The highest BCUT2D eigenvalue weighted by Gasteiger charge is 2.23. The lowest BCUT2D eigenvalue weighted by molar-refractivity contribution is 0.474. The largest absolute Gasteiger partial charge is 0.316 e. The van der Waals surface area contributed by atoms with Gasteiger partial charge in [-0.2, -0.15) is 0 Å². The highest BCUT2D eigenvalue weighted by Crippen LogP contribution is 2.39. The molecule has 1 aromatic carbocycles. The molecule has 1 aliphatic rings. The van der Waals surface area contributed by atoms with Crippen LogP contribution in [-0.4, -0.2) is 18.3 Å². The maximum absolute atomic E-state index is 3.52.